The quantitative estimate of drug-likeness (QED) is 0.782. The Balaban J connectivity index is 2.60. The lowest BCUT2D eigenvalue weighted by atomic mass is 10.0. The van der Waals surface area contributed by atoms with Crippen LogP contribution in [0.1, 0.15) is 5.56 Å². The van der Waals surface area contributed by atoms with Crippen molar-refractivity contribution in [1.82, 2.24) is 4.98 Å². The maximum atomic E-state index is 5.72. The van der Waals surface area contributed by atoms with Gasteiger partial charge in [0.2, 0.25) is 0 Å². The van der Waals surface area contributed by atoms with Crippen LogP contribution in [0.5, 0.6) is 5.75 Å². The fourth-order valence-corrected chi connectivity index (χ4v) is 1.68. The van der Waals surface area contributed by atoms with E-state index in [-0.39, 0.29) is 0 Å². The summed E-state index contributed by atoms with van der Waals surface area (Å²) in [5, 5.41) is 0. The summed E-state index contributed by atoms with van der Waals surface area (Å²) in [5.74, 6) is 0.774. The topological polar surface area (TPSA) is 48.1 Å². The number of pyridine rings is 1. The minimum Gasteiger partial charge on any atom is -0.496 e. The van der Waals surface area contributed by atoms with Gasteiger partial charge in [-0.05, 0) is 30.7 Å². The summed E-state index contributed by atoms with van der Waals surface area (Å²) in [6, 6.07) is 7.62. The standard InChI is InChI=1S/C13H14N2O/c1-9-5-6-15-8-12(9)11-4-3-10(14)7-13(11)16-2/h3-8H,14H2,1-2H3. The summed E-state index contributed by atoms with van der Waals surface area (Å²) in [5.41, 5.74) is 9.67. The van der Waals surface area contributed by atoms with Crippen molar-refractivity contribution in [2.75, 3.05) is 12.8 Å². The van der Waals surface area contributed by atoms with E-state index in [1.54, 1.807) is 13.3 Å². The molecule has 0 aliphatic heterocycles. The van der Waals surface area contributed by atoms with Gasteiger partial charge in [0.1, 0.15) is 5.75 Å². The first-order chi connectivity index (χ1) is 7.72. The van der Waals surface area contributed by atoms with Crippen LogP contribution in [0.2, 0.25) is 0 Å². The number of nitrogens with zero attached hydrogens (tertiary/aromatic N) is 1. The Kier molecular flexibility index (Phi) is 2.77. The van der Waals surface area contributed by atoms with Crippen molar-refractivity contribution in [3.63, 3.8) is 0 Å². The maximum Gasteiger partial charge on any atom is 0.128 e. The average molecular weight is 214 g/mol. The summed E-state index contributed by atoms with van der Waals surface area (Å²) in [7, 11) is 1.64. The SMILES string of the molecule is COc1cc(N)ccc1-c1cnccc1C. The number of ether oxygens (including phenoxy) is 1. The predicted molar refractivity (Wildman–Crippen MR) is 65.4 cm³/mol. The van der Waals surface area contributed by atoms with Gasteiger partial charge in [0.05, 0.1) is 7.11 Å². The molecule has 1 heterocycles. The maximum absolute atomic E-state index is 5.72. The highest BCUT2D eigenvalue weighted by molar-refractivity contribution is 5.74. The minimum atomic E-state index is 0.696. The van der Waals surface area contributed by atoms with E-state index in [2.05, 4.69) is 4.98 Å². The third-order valence-corrected chi connectivity index (χ3v) is 2.55. The number of nitrogen functional groups attached to an aromatic ring is 1. The van der Waals surface area contributed by atoms with E-state index in [1.807, 2.05) is 37.4 Å². The van der Waals surface area contributed by atoms with Crippen molar-refractivity contribution < 1.29 is 4.74 Å². The summed E-state index contributed by atoms with van der Waals surface area (Å²) < 4.78 is 5.33. The molecule has 0 bridgehead atoms. The number of anilines is 1. The van der Waals surface area contributed by atoms with E-state index >= 15 is 0 Å². The average Bonchev–Trinajstić information content (AvgIpc) is 2.30. The Morgan fingerprint density at radius 2 is 2.00 bits per heavy atom. The second kappa shape index (κ2) is 4.23. The number of benzene rings is 1. The fourth-order valence-electron chi connectivity index (χ4n) is 1.68. The smallest absolute Gasteiger partial charge is 0.128 e. The van der Waals surface area contributed by atoms with Crippen LogP contribution < -0.4 is 10.5 Å². The Morgan fingerprint density at radius 3 is 2.69 bits per heavy atom. The second-order valence-corrected chi connectivity index (χ2v) is 3.65. The highest BCUT2D eigenvalue weighted by Gasteiger charge is 2.08. The molecule has 82 valence electrons. The lowest BCUT2D eigenvalue weighted by Gasteiger charge is -2.11. The van der Waals surface area contributed by atoms with Gasteiger partial charge in [-0.25, -0.2) is 0 Å². The van der Waals surface area contributed by atoms with Crippen molar-refractivity contribution in [2.24, 2.45) is 0 Å². The molecule has 0 aliphatic rings. The van der Waals surface area contributed by atoms with Crippen LogP contribution >= 0.6 is 0 Å². The van der Waals surface area contributed by atoms with Crippen molar-refractivity contribution in [3.8, 4) is 16.9 Å². The van der Waals surface area contributed by atoms with Crippen LogP contribution in [0.15, 0.2) is 36.7 Å². The molecule has 3 heteroatoms. The zero-order valence-electron chi connectivity index (χ0n) is 9.40. The molecule has 16 heavy (non-hydrogen) atoms. The molecule has 3 nitrogen and oxygen atoms in total. The zero-order chi connectivity index (χ0) is 11.5. The van der Waals surface area contributed by atoms with Gasteiger partial charge in [0.25, 0.3) is 0 Å². The first-order valence-electron chi connectivity index (χ1n) is 5.07. The Bertz CT molecular complexity index is 509. The summed E-state index contributed by atoms with van der Waals surface area (Å²) in [6.45, 7) is 2.05. The Hall–Kier alpha value is -2.03. The van der Waals surface area contributed by atoms with E-state index in [0.717, 1.165) is 22.4 Å². The number of aromatic nitrogens is 1. The molecular weight excluding hydrogens is 200 g/mol. The lowest BCUT2D eigenvalue weighted by Crippen LogP contribution is -1.93. The van der Waals surface area contributed by atoms with Crippen molar-refractivity contribution in [3.05, 3.63) is 42.2 Å². The minimum absolute atomic E-state index is 0.696. The van der Waals surface area contributed by atoms with Gasteiger partial charge in [-0.15, -0.1) is 0 Å². The molecule has 2 N–H and O–H groups in total. The summed E-state index contributed by atoms with van der Waals surface area (Å²) in [4.78, 5) is 4.13. The van der Waals surface area contributed by atoms with Gasteiger partial charge in [-0.1, -0.05) is 0 Å². The molecule has 1 aromatic carbocycles. The van der Waals surface area contributed by atoms with Crippen molar-refractivity contribution in [1.29, 1.82) is 0 Å². The molecule has 2 rings (SSSR count). The summed E-state index contributed by atoms with van der Waals surface area (Å²) >= 11 is 0. The van der Waals surface area contributed by atoms with Crippen LogP contribution in [-0.4, -0.2) is 12.1 Å². The third kappa shape index (κ3) is 1.84. The van der Waals surface area contributed by atoms with Crippen molar-refractivity contribution in [2.45, 2.75) is 6.92 Å². The van der Waals surface area contributed by atoms with Crippen LogP contribution in [0.3, 0.4) is 0 Å². The molecule has 0 saturated heterocycles. The number of rotatable bonds is 2. The van der Waals surface area contributed by atoms with E-state index < -0.39 is 0 Å². The first-order valence-corrected chi connectivity index (χ1v) is 5.07. The monoisotopic (exact) mass is 214 g/mol. The molecule has 0 aliphatic carbocycles. The number of methoxy groups -OCH3 is 1. The van der Waals surface area contributed by atoms with E-state index in [4.69, 9.17) is 10.5 Å². The molecule has 0 amide bonds. The Morgan fingerprint density at radius 1 is 1.19 bits per heavy atom. The molecule has 0 atom stereocenters. The number of aryl methyl sites for hydroxylation is 1. The molecule has 0 spiro atoms. The van der Waals surface area contributed by atoms with E-state index in [9.17, 15) is 0 Å². The molecule has 0 saturated carbocycles. The van der Waals surface area contributed by atoms with Crippen LogP contribution in [-0.2, 0) is 0 Å². The first kappa shape index (κ1) is 10.5. The number of hydrogen-bond acceptors (Lipinski definition) is 3. The summed E-state index contributed by atoms with van der Waals surface area (Å²) in [6.07, 6.45) is 3.62. The van der Waals surface area contributed by atoms with E-state index in [1.165, 1.54) is 0 Å². The second-order valence-electron chi connectivity index (χ2n) is 3.65. The molecular formula is C13H14N2O. The van der Waals surface area contributed by atoms with Crippen LogP contribution in [0.4, 0.5) is 5.69 Å². The third-order valence-electron chi connectivity index (χ3n) is 2.55. The van der Waals surface area contributed by atoms with Gasteiger partial charge in [0.15, 0.2) is 0 Å². The van der Waals surface area contributed by atoms with Gasteiger partial charge >= 0.3 is 0 Å². The highest BCUT2D eigenvalue weighted by atomic mass is 16.5. The molecule has 0 radical (unpaired) electrons. The van der Waals surface area contributed by atoms with Gasteiger partial charge < -0.3 is 10.5 Å². The van der Waals surface area contributed by atoms with Crippen LogP contribution in [0, 0.1) is 6.92 Å². The molecule has 0 unspecified atom stereocenters. The van der Waals surface area contributed by atoms with Gasteiger partial charge in [-0.2, -0.15) is 0 Å². The molecule has 0 fully saturated rings. The largest absolute Gasteiger partial charge is 0.496 e. The number of nitrogens with two attached hydrogens (primary N) is 1. The number of hydrogen-bond donors (Lipinski definition) is 1. The van der Waals surface area contributed by atoms with Gasteiger partial charge in [-0.3, -0.25) is 4.98 Å². The van der Waals surface area contributed by atoms with Crippen LogP contribution in [0.25, 0.3) is 11.1 Å². The molecule has 1 aromatic heterocycles. The van der Waals surface area contributed by atoms with E-state index in [0.29, 0.717) is 5.69 Å². The van der Waals surface area contributed by atoms with Crippen molar-refractivity contribution >= 4 is 5.69 Å². The molecule has 2 aromatic rings. The zero-order valence-corrected chi connectivity index (χ0v) is 9.40. The fraction of sp³-hybridized carbons (Fsp3) is 0.154. The van der Waals surface area contributed by atoms with Gasteiger partial charge in [0, 0.05) is 35.3 Å². The normalized spacial score (nSPS) is 10.1. The Labute approximate surface area is 94.9 Å². The predicted octanol–water partition coefficient (Wildman–Crippen LogP) is 2.65. The lowest BCUT2D eigenvalue weighted by molar-refractivity contribution is 0.416. The highest BCUT2D eigenvalue weighted by Crippen LogP contribution is 2.32.